The summed E-state index contributed by atoms with van der Waals surface area (Å²) in [6.45, 7) is 2.62. The second-order valence-electron chi connectivity index (χ2n) is 29.2. The van der Waals surface area contributed by atoms with Gasteiger partial charge in [-0.25, -0.2) is 0 Å². The summed E-state index contributed by atoms with van der Waals surface area (Å²) in [5.41, 5.74) is 8.43. The molecule has 0 spiro atoms. The van der Waals surface area contributed by atoms with E-state index in [0.29, 0.717) is 16.7 Å². The van der Waals surface area contributed by atoms with Crippen LogP contribution in [0.2, 0.25) is 0 Å². The number of nitrogens with one attached hydrogen (secondary N) is 8. The van der Waals surface area contributed by atoms with Crippen molar-refractivity contribution in [1.29, 1.82) is 0 Å². The van der Waals surface area contributed by atoms with E-state index in [0.717, 1.165) is 51.4 Å². The number of hydrogen-bond donors (Lipinski definition) is 15. The number of nitrogens with zero attached hydrogens (tertiary/aromatic N) is 3. The lowest BCUT2D eigenvalue weighted by molar-refractivity contribution is -0.146. The fourth-order valence-electron chi connectivity index (χ4n) is 13.3. The number of nitrogens with two attached hydrogens (primary N) is 1. The van der Waals surface area contributed by atoms with Crippen LogP contribution in [-0.4, -0.2) is 271 Å². The molecule has 0 saturated carbocycles. The number of rotatable bonds is 19. The number of thioether (sulfide) groups is 1. The quantitative estimate of drug-likeness (QED) is 0.0473. The molecule has 0 aromatic heterocycles. The van der Waals surface area contributed by atoms with Gasteiger partial charge in [-0.3, -0.25) is 76.7 Å². The highest BCUT2D eigenvalue weighted by molar-refractivity contribution is 8.00. The van der Waals surface area contributed by atoms with Crippen LogP contribution >= 0.6 is 11.8 Å². The van der Waals surface area contributed by atoms with E-state index in [9.17, 15) is 97.8 Å². The summed E-state index contributed by atoms with van der Waals surface area (Å²) in [5, 5.41) is 84.2. The van der Waals surface area contributed by atoms with E-state index in [1.54, 1.807) is 98.8 Å². The van der Waals surface area contributed by atoms with Crippen molar-refractivity contribution in [2.24, 2.45) is 29.4 Å². The number of carboxylic acids is 1. The molecule has 4 aromatic carbocycles. The molecular formula is C80H106N12O22S. The highest BCUT2D eigenvalue weighted by Gasteiger charge is 2.43. The number of ketones is 3. The van der Waals surface area contributed by atoms with Crippen molar-refractivity contribution >= 4 is 106 Å². The van der Waals surface area contributed by atoms with Gasteiger partial charge in [-0.2, -0.15) is 0 Å². The molecule has 0 bridgehead atoms. The molecule has 624 valence electrons. The van der Waals surface area contributed by atoms with Crippen molar-refractivity contribution in [3.8, 4) is 11.1 Å². The normalized spacial score (nSPS) is 25.5. The predicted octanol–water partition coefficient (Wildman–Crippen LogP) is -2.23. The van der Waals surface area contributed by atoms with Crippen LogP contribution in [0.1, 0.15) is 96.3 Å². The molecule has 0 unspecified atom stereocenters. The summed E-state index contributed by atoms with van der Waals surface area (Å²) in [4.78, 5) is 229. The number of hydrogen-bond acceptors (Lipinski definition) is 22. The lowest BCUT2D eigenvalue weighted by Gasteiger charge is -2.34. The topological polar surface area (TPSA) is 526 Å². The first kappa shape index (κ1) is 93.0. The summed E-state index contributed by atoms with van der Waals surface area (Å²) in [6, 6.07) is 16.8. The maximum Gasteiger partial charge on any atom is 0.303 e. The molecule has 4 aromatic rings. The van der Waals surface area contributed by atoms with E-state index in [4.69, 9.17) is 5.73 Å². The van der Waals surface area contributed by atoms with Crippen molar-refractivity contribution in [2.45, 2.75) is 171 Å². The van der Waals surface area contributed by atoms with E-state index in [-0.39, 0.29) is 38.6 Å². The lowest BCUT2D eigenvalue weighted by Crippen LogP contribution is -2.60. The van der Waals surface area contributed by atoms with Crippen LogP contribution in [0.3, 0.4) is 0 Å². The zero-order chi connectivity index (χ0) is 84.9. The Kier molecular flexibility index (Phi) is 36.6. The van der Waals surface area contributed by atoms with Crippen LogP contribution in [0, 0.1) is 23.7 Å². The van der Waals surface area contributed by atoms with Gasteiger partial charge in [-0.05, 0) is 73.8 Å². The number of aliphatic hydroxyl groups is 5. The van der Waals surface area contributed by atoms with Crippen LogP contribution in [0.15, 0.2) is 115 Å². The van der Waals surface area contributed by atoms with Gasteiger partial charge in [0.05, 0.1) is 74.2 Å². The molecule has 2 fully saturated rings. The van der Waals surface area contributed by atoms with Crippen LogP contribution < -0.4 is 48.3 Å². The van der Waals surface area contributed by atoms with Crippen molar-refractivity contribution in [2.75, 3.05) is 58.5 Å². The summed E-state index contributed by atoms with van der Waals surface area (Å²) in [7, 11) is 2.38. The third-order valence-corrected chi connectivity index (χ3v) is 21.2. The van der Waals surface area contributed by atoms with E-state index < -0.39 is 260 Å². The van der Waals surface area contributed by atoms with Gasteiger partial charge in [0.25, 0.3) is 0 Å². The number of likely N-dealkylation sites (N-methyl/N-ethyl adjacent to an activating group) is 2. The smallest absolute Gasteiger partial charge is 0.303 e. The summed E-state index contributed by atoms with van der Waals surface area (Å²) in [6.07, 6.45) is -7.84. The van der Waals surface area contributed by atoms with Crippen LogP contribution in [0.25, 0.3) is 11.1 Å². The van der Waals surface area contributed by atoms with Crippen molar-refractivity contribution < 1.29 is 107 Å². The molecular weight excluding hydrogens is 1510 g/mol. The minimum absolute atomic E-state index is 0.0111. The van der Waals surface area contributed by atoms with Crippen molar-refractivity contribution in [3.63, 3.8) is 0 Å². The lowest BCUT2D eigenvalue weighted by atomic mass is 9.90. The highest BCUT2D eigenvalue weighted by atomic mass is 32.2. The van der Waals surface area contributed by atoms with E-state index >= 15 is 9.59 Å². The molecule has 2 aliphatic rings. The van der Waals surface area contributed by atoms with Gasteiger partial charge >= 0.3 is 5.97 Å². The molecule has 16 N–H and O–H groups in total. The monoisotopic (exact) mass is 1620 g/mol. The Balaban J connectivity index is 1.40. The Morgan fingerprint density at radius 2 is 1.06 bits per heavy atom. The fourth-order valence-corrected chi connectivity index (χ4v) is 14.1. The third-order valence-electron chi connectivity index (χ3n) is 20.2. The standard InChI is InChI=1S/C80H106N12O22S/c1-44(2)69-64(99)35-53(39-93)72(106)89-70(47(5)97)65(100)37-55(46(4)96)73(107)86-59(41-95)80(114)91(7)62(34-49-20-13-9-14-21-49)77(111)85-58(33-50-25-27-52(28-26-50)51-22-15-10-16-23-51)79(113)90(6)45(3)71(105)84-56(29-30-68(103)104)63(98)36-54(40-94)78(112)92-31-17-24-61(92)76(110)87-60(74(108)82-38-66(81)101)42-115-43-67(102)83-57(75(109)88-69)32-48-18-11-8-12-19-48/h8-16,18-23,25-28,44-47,53-62,69-70,93-97H,17,24,29-43H2,1-7H3,(H2,81,101)(H,82,108)(H,83,102)(H,84,105)(H,85,111)(H,86,107)(H,87,110)(H,88,109)(H,89,106)(H,103,104)/t45-,46+,47+,53-,54-,55-,56-,57-,58-,59-,60-,61-,62-,69-,70-/m0/s1. The summed E-state index contributed by atoms with van der Waals surface area (Å²) < 4.78 is 0. The van der Waals surface area contributed by atoms with E-state index in [1.807, 2.05) is 30.3 Å². The number of amides is 12. The fraction of sp³-hybridized carbons (Fsp3) is 0.500. The number of fused-ring (bicyclic) bond motifs is 1. The predicted molar refractivity (Wildman–Crippen MR) is 418 cm³/mol. The molecule has 12 amide bonds. The number of Topliss-reactive ketones (excluding diaryl/α,β-unsaturated/α-hetero) is 3. The molecule has 15 atom stereocenters. The molecule has 34 nitrogen and oxygen atoms in total. The van der Waals surface area contributed by atoms with Gasteiger partial charge < -0.3 is 93.6 Å². The van der Waals surface area contributed by atoms with Gasteiger partial charge in [0.2, 0.25) is 70.9 Å². The molecule has 35 heteroatoms. The molecule has 0 aliphatic carbocycles. The Morgan fingerprint density at radius 1 is 0.530 bits per heavy atom. The Labute approximate surface area is 670 Å². The van der Waals surface area contributed by atoms with E-state index in [1.165, 1.54) is 21.0 Å². The van der Waals surface area contributed by atoms with Crippen LogP contribution in [0.5, 0.6) is 0 Å². The minimum Gasteiger partial charge on any atom is -0.481 e. The molecule has 115 heavy (non-hydrogen) atoms. The molecule has 2 saturated heterocycles. The second kappa shape index (κ2) is 45.3. The zero-order valence-corrected chi connectivity index (χ0v) is 66.1. The summed E-state index contributed by atoms with van der Waals surface area (Å²) in [5.74, 6) is -22.7. The minimum atomic E-state index is -1.92. The molecule has 2 aliphatic heterocycles. The summed E-state index contributed by atoms with van der Waals surface area (Å²) >= 11 is 0.783. The number of benzene rings is 4. The van der Waals surface area contributed by atoms with Gasteiger partial charge in [0.1, 0.15) is 48.3 Å². The van der Waals surface area contributed by atoms with Gasteiger partial charge in [-0.15, -0.1) is 11.8 Å². The number of carbonyl (C=O) groups excluding carboxylic acids is 15. The van der Waals surface area contributed by atoms with Gasteiger partial charge in [0.15, 0.2) is 17.3 Å². The molecule has 0 radical (unpaired) electrons. The number of aliphatic carboxylic acids is 1. The van der Waals surface area contributed by atoms with Crippen LogP contribution in [-0.2, 0) is 96.0 Å². The molecule has 2 heterocycles. The second-order valence-corrected chi connectivity index (χ2v) is 30.2. The van der Waals surface area contributed by atoms with Crippen molar-refractivity contribution in [3.05, 3.63) is 132 Å². The average molecular weight is 1620 g/mol. The molecule has 6 rings (SSSR count). The largest absolute Gasteiger partial charge is 0.481 e. The number of carbonyl (C=O) groups is 16. The first-order valence-corrected chi connectivity index (χ1v) is 39.0. The zero-order valence-electron chi connectivity index (χ0n) is 65.3. The van der Waals surface area contributed by atoms with Crippen molar-refractivity contribution in [1.82, 2.24) is 57.2 Å². The first-order valence-electron chi connectivity index (χ1n) is 37.9. The Morgan fingerprint density at radius 3 is 1.63 bits per heavy atom. The van der Waals surface area contributed by atoms with Gasteiger partial charge in [0, 0.05) is 71.3 Å². The third kappa shape index (κ3) is 27.7. The number of primary amides is 1. The highest BCUT2D eigenvalue weighted by Crippen LogP contribution is 2.26. The number of carboxylic acid groups (broad SMARTS) is 1. The maximum absolute atomic E-state index is 15.2. The van der Waals surface area contributed by atoms with Gasteiger partial charge in [-0.1, -0.05) is 129 Å². The Hall–Kier alpha value is -10.8. The average Bonchev–Trinajstić information content (AvgIpc) is 1.79. The van der Waals surface area contributed by atoms with Crippen LogP contribution in [0.4, 0.5) is 0 Å². The van der Waals surface area contributed by atoms with E-state index in [2.05, 4.69) is 42.5 Å². The Bertz CT molecular complexity index is 4070. The first-order chi connectivity index (χ1) is 54.6. The number of aliphatic hydroxyl groups excluding tert-OH is 5. The SMILES string of the molecule is CC(C)[C@@H]1NC(=O)[C@H](Cc2ccccc2)NC(=O)CSC[C@@H](C(=O)NCC(N)=O)NC(=O)[C@@H]2CCCN2C(=O)[C@H](CO)CC(=O)[C@H](CCC(=O)O)NC(=O)[C@H](C)N(C)C(=O)[C@H](Cc2ccc(-c3ccccc3)cc2)NC(=O)[C@H](Cc2ccccc2)N(C)C(=O)[C@H](CO)NC(=O)[C@H]([C@@H](C)O)CC(=O)[C@H]([C@@H](C)O)NC(=O)[C@H](CO)CC1=O. The maximum atomic E-state index is 15.2.